The van der Waals surface area contributed by atoms with E-state index in [-0.39, 0.29) is 5.82 Å². The monoisotopic (exact) mass is 371 g/mol. The maximum atomic E-state index is 14.8. The molecule has 1 aliphatic rings. The van der Waals surface area contributed by atoms with E-state index in [4.69, 9.17) is 15.4 Å². The Morgan fingerprint density at radius 1 is 1.58 bits per heavy atom. The van der Waals surface area contributed by atoms with Crippen LogP contribution < -0.4 is 11.4 Å². The first-order valence-electron chi connectivity index (χ1n) is 6.54. The number of aliphatic hydroxyl groups is 1. The van der Waals surface area contributed by atoms with Crippen molar-refractivity contribution in [2.45, 2.75) is 30.8 Å². The lowest BCUT2D eigenvalue weighted by Gasteiger charge is -2.25. The van der Waals surface area contributed by atoms with Crippen LogP contribution in [-0.4, -0.2) is 50.9 Å². The van der Waals surface area contributed by atoms with E-state index in [9.17, 15) is 23.2 Å². The molecule has 2 heterocycles. The third kappa shape index (κ3) is 3.34. The second-order valence-corrected chi connectivity index (χ2v) is 6.84. The van der Waals surface area contributed by atoms with Gasteiger partial charge in [0.15, 0.2) is 18.0 Å². The van der Waals surface area contributed by atoms with Crippen LogP contribution in [0.4, 0.5) is 14.6 Å². The number of aliphatic hydroxyl groups excluding tert-OH is 1. The number of alkyl halides is 2. The third-order valence-corrected chi connectivity index (χ3v) is 4.41. The average molecular weight is 371 g/mol. The first kappa shape index (κ1) is 18.9. The number of hydrogen-bond donors (Lipinski definition) is 3. The van der Waals surface area contributed by atoms with E-state index in [0.717, 1.165) is 26.3 Å². The van der Waals surface area contributed by atoms with Gasteiger partial charge in [0.1, 0.15) is 12.4 Å². The van der Waals surface area contributed by atoms with Crippen LogP contribution in [0, 0.1) is 0 Å². The minimum absolute atomic E-state index is 0.147. The average Bonchev–Trinajstić information content (AvgIpc) is 2.67. The zero-order valence-corrected chi connectivity index (χ0v) is 13.5. The van der Waals surface area contributed by atoms with Crippen molar-refractivity contribution in [3.8, 4) is 0 Å². The zero-order valence-electron chi connectivity index (χ0n) is 12.6. The van der Waals surface area contributed by atoms with E-state index in [2.05, 4.69) is 14.0 Å². The molecule has 13 heteroatoms. The number of halogens is 2. The van der Waals surface area contributed by atoms with Crippen molar-refractivity contribution in [1.29, 1.82) is 0 Å². The van der Waals surface area contributed by atoms with Gasteiger partial charge in [0, 0.05) is 13.3 Å². The smallest absolute Gasteiger partial charge is 0.384 e. The van der Waals surface area contributed by atoms with Gasteiger partial charge in [-0.25, -0.2) is 18.1 Å². The SMILES string of the molecule is COP(=O)(O)OCC1(F)OC(n2ccc(N)nc2=O)C(C)(F)C1O. The molecule has 1 aromatic rings. The predicted molar refractivity (Wildman–Crippen MR) is 75.2 cm³/mol. The van der Waals surface area contributed by atoms with E-state index in [0.29, 0.717) is 4.57 Å². The number of aromatic nitrogens is 2. The molecule has 0 amide bonds. The standard InChI is InChI=1S/C11H16F2N3O7P/c1-10(12)7(17)11(13,5-22-24(19,20)21-2)23-8(10)16-4-3-6(14)15-9(16)18/h3-4,7-8,17H,5H2,1-2H3,(H,19,20)(H2,14,15,18). The van der Waals surface area contributed by atoms with Crippen LogP contribution in [-0.2, 0) is 18.3 Å². The van der Waals surface area contributed by atoms with Crippen molar-refractivity contribution in [2.75, 3.05) is 19.5 Å². The predicted octanol–water partition coefficient (Wildman–Crippen LogP) is -0.127. The molecule has 0 spiro atoms. The number of nitrogen functional groups attached to an aromatic ring is 1. The summed E-state index contributed by atoms with van der Waals surface area (Å²) in [5, 5.41) is 9.90. The summed E-state index contributed by atoms with van der Waals surface area (Å²) in [5.41, 5.74) is 1.49. The summed E-state index contributed by atoms with van der Waals surface area (Å²) in [7, 11) is -3.76. The van der Waals surface area contributed by atoms with Gasteiger partial charge in [0.25, 0.3) is 5.85 Å². The molecule has 1 aliphatic heterocycles. The number of nitrogens with zero attached hydrogens (tertiary/aromatic N) is 2. The fourth-order valence-electron chi connectivity index (χ4n) is 2.19. The highest BCUT2D eigenvalue weighted by Gasteiger charge is 2.65. The highest BCUT2D eigenvalue weighted by molar-refractivity contribution is 7.47. The molecule has 0 bridgehead atoms. The number of anilines is 1. The molecule has 0 saturated carbocycles. The number of phosphoric acid groups is 1. The minimum atomic E-state index is -4.60. The molecule has 1 aromatic heterocycles. The first-order valence-corrected chi connectivity index (χ1v) is 8.04. The van der Waals surface area contributed by atoms with Crippen molar-refractivity contribution in [3.05, 3.63) is 22.7 Å². The lowest BCUT2D eigenvalue weighted by Crippen LogP contribution is -2.47. The Kier molecular flexibility index (Phi) is 4.83. The van der Waals surface area contributed by atoms with Crippen LogP contribution in [0.25, 0.3) is 0 Å². The molecule has 24 heavy (non-hydrogen) atoms. The van der Waals surface area contributed by atoms with E-state index < -0.39 is 44.0 Å². The zero-order chi connectivity index (χ0) is 18.3. The van der Waals surface area contributed by atoms with Gasteiger partial charge in [-0.2, -0.15) is 4.98 Å². The topological polar surface area (TPSA) is 146 Å². The summed E-state index contributed by atoms with van der Waals surface area (Å²) in [6, 6.07) is 1.15. The van der Waals surface area contributed by atoms with Crippen LogP contribution in [0.1, 0.15) is 13.2 Å². The van der Waals surface area contributed by atoms with Crippen LogP contribution >= 0.6 is 7.82 Å². The van der Waals surface area contributed by atoms with E-state index in [1.54, 1.807) is 0 Å². The summed E-state index contributed by atoms with van der Waals surface area (Å²) in [5.74, 6) is -3.36. The highest BCUT2D eigenvalue weighted by Crippen LogP contribution is 2.50. The van der Waals surface area contributed by atoms with Crippen LogP contribution in [0.2, 0.25) is 0 Å². The fourth-order valence-corrected chi connectivity index (χ4v) is 2.63. The molecule has 0 aliphatic carbocycles. The summed E-state index contributed by atoms with van der Waals surface area (Å²) < 4.78 is 54.5. The van der Waals surface area contributed by atoms with E-state index >= 15 is 0 Å². The van der Waals surface area contributed by atoms with Crippen molar-refractivity contribution < 1.29 is 37.1 Å². The molecule has 0 aromatic carbocycles. The van der Waals surface area contributed by atoms with Gasteiger partial charge in [-0.05, 0) is 13.0 Å². The molecule has 1 saturated heterocycles. The molecule has 5 atom stereocenters. The molecule has 0 radical (unpaired) electrons. The molecule has 1 fully saturated rings. The van der Waals surface area contributed by atoms with Crippen molar-refractivity contribution >= 4 is 13.6 Å². The van der Waals surface area contributed by atoms with Crippen LogP contribution in [0.3, 0.4) is 0 Å². The Balaban J connectivity index is 2.33. The maximum Gasteiger partial charge on any atom is 0.472 e. The largest absolute Gasteiger partial charge is 0.472 e. The Morgan fingerprint density at radius 3 is 2.75 bits per heavy atom. The Bertz CT molecular complexity index is 730. The number of rotatable bonds is 5. The number of phosphoric ester groups is 1. The molecule has 136 valence electrons. The third-order valence-electron chi connectivity index (χ3n) is 3.49. The fraction of sp³-hybridized carbons (Fsp3) is 0.636. The first-order chi connectivity index (χ1) is 10.9. The molecule has 4 N–H and O–H groups in total. The summed E-state index contributed by atoms with van der Waals surface area (Å²) in [4.78, 5) is 24.2. The number of nitrogens with two attached hydrogens (primary N) is 1. The number of ether oxygens (including phenoxy) is 1. The maximum absolute atomic E-state index is 14.8. The second-order valence-electron chi connectivity index (χ2n) is 5.28. The van der Waals surface area contributed by atoms with E-state index in [1.807, 2.05) is 0 Å². The molecular formula is C11H16F2N3O7P. The van der Waals surface area contributed by atoms with Crippen molar-refractivity contribution in [1.82, 2.24) is 9.55 Å². The molecule has 5 unspecified atom stereocenters. The van der Waals surface area contributed by atoms with Crippen LogP contribution in [0.15, 0.2) is 17.1 Å². The van der Waals surface area contributed by atoms with Gasteiger partial charge >= 0.3 is 13.5 Å². The van der Waals surface area contributed by atoms with Gasteiger partial charge < -0.3 is 20.5 Å². The van der Waals surface area contributed by atoms with Crippen molar-refractivity contribution in [3.63, 3.8) is 0 Å². The molecule has 10 nitrogen and oxygen atoms in total. The number of hydrogen-bond acceptors (Lipinski definition) is 8. The van der Waals surface area contributed by atoms with Gasteiger partial charge in [-0.15, -0.1) is 0 Å². The lowest BCUT2D eigenvalue weighted by molar-refractivity contribution is -0.205. The van der Waals surface area contributed by atoms with E-state index in [1.165, 1.54) is 0 Å². The highest BCUT2D eigenvalue weighted by atomic mass is 31.2. The normalized spacial score (nSPS) is 35.8. The summed E-state index contributed by atoms with van der Waals surface area (Å²) in [6.07, 6.45) is -3.34. The Hall–Kier alpha value is -1.43. The van der Waals surface area contributed by atoms with Gasteiger partial charge in [-0.3, -0.25) is 13.6 Å². The van der Waals surface area contributed by atoms with Crippen molar-refractivity contribution in [2.24, 2.45) is 0 Å². The summed E-state index contributed by atoms with van der Waals surface area (Å²) >= 11 is 0. The Labute approximate surface area is 134 Å². The second kappa shape index (κ2) is 6.14. The Morgan fingerprint density at radius 2 is 2.21 bits per heavy atom. The molecule has 2 rings (SSSR count). The molecular weight excluding hydrogens is 355 g/mol. The minimum Gasteiger partial charge on any atom is -0.384 e. The van der Waals surface area contributed by atoms with Gasteiger partial charge in [0.05, 0.1) is 0 Å². The lowest BCUT2D eigenvalue weighted by atomic mass is 9.97. The van der Waals surface area contributed by atoms with Gasteiger partial charge in [0.2, 0.25) is 0 Å². The summed E-state index contributed by atoms with van der Waals surface area (Å²) in [6.45, 7) is -0.524. The quantitative estimate of drug-likeness (QED) is 0.602. The van der Waals surface area contributed by atoms with Gasteiger partial charge in [-0.1, -0.05) is 0 Å². The van der Waals surface area contributed by atoms with Crippen LogP contribution in [0.5, 0.6) is 0 Å².